The average molecular weight is 229 g/mol. The largest absolute Gasteiger partial charge is 0.496 e. The van der Waals surface area contributed by atoms with Gasteiger partial charge in [0.15, 0.2) is 0 Å². The van der Waals surface area contributed by atoms with Gasteiger partial charge in [-0.3, -0.25) is 0 Å². The first-order valence-corrected chi connectivity index (χ1v) is 4.73. The summed E-state index contributed by atoms with van der Waals surface area (Å²) in [6.07, 6.45) is 0.608. The summed E-state index contributed by atoms with van der Waals surface area (Å²) in [5, 5.41) is 10.1. The van der Waals surface area contributed by atoms with Crippen molar-refractivity contribution in [3.05, 3.63) is 35.4 Å². The van der Waals surface area contributed by atoms with Crippen molar-refractivity contribution in [1.29, 1.82) is 0 Å². The van der Waals surface area contributed by atoms with Crippen molar-refractivity contribution in [1.82, 2.24) is 0 Å². The van der Waals surface area contributed by atoms with E-state index in [4.69, 9.17) is 21.1 Å². The van der Waals surface area contributed by atoms with Crippen LogP contribution in [-0.4, -0.2) is 19.3 Å². The van der Waals surface area contributed by atoms with Crippen LogP contribution < -0.4 is 9.47 Å². The maximum absolute atomic E-state index is 9.66. The Labute approximate surface area is 93.9 Å². The molecule has 1 rings (SSSR count). The summed E-state index contributed by atoms with van der Waals surface area (Å²) >= 11 is 5.92. The third kappa shape index (κ3) is 2.43. The minimum absolute atomic E-state index is 0.439. The Balaban J connectivity index is 3.28. The zero-order valence-corrected chi connectivity index (χ0v) is 9.41. The molecule has 0 aliphatic carbocycles. The van der Waals surface area contributed by atoms with E-state index in [0.717, 1.165) is 0 Å². The minimum atomic E-state index is -0.800. The Morgan fingerprint density at radius 2 is 1.93 bits per heavy atom. The number of ether oxygens (including phenoxy) is 2. The molecular weight excluding hydrogens is 216 g/mol. The first-order valence-electron chi connectivity index (χ1n) is 4.36. The summed E-state index contributed by atoms with van der Waals surface area (Å²) < 4.78 is 10.1. The van der Waals surface area contributed by atoms with Crippen LogP contribution in [-0.2, 0) is 0 Å². The van der Waals surface area contributed by atoms with Gasteiger partial charge >= 0.3 is 0 Å². The molecule has 15 heavy (non-hydrogen) atoms. The summed E-state index contributed by atoms with van der Waals surface area (Å²) in [5.74, 6) is 1.00. The van der Waals surface area contributed by atoms with E-state index in [1.54, 1.807) is 12.1 Å². The third-order valence-corrected chi connectivity index (χ3v) is 2.34. The maximum atomic E-state index is 9.66. The Morgan fingerprint density at radius 1 is 1.33 bits per heavy atom. The van der Waals surface area contributed by atoms with E-state index in [0.29, 0.717) is 22.1 Å². The molecule has 0 saturated heterocycles. The number of aliphatic hydroxyl groups is 1. The second-order valence-electron chi connectivity index (χ2n) is 2.91. The molecule has 3 nitrogen and oxygen atoms in total. The molecule has 1 N–H and O–H groups in total. The van der Waals surface area contributed by atoms with Crippen LogP contribution in [0.1, 0.15) is 11.7 Å². The van der Waals surface area contributed by atoms with Crippen LogP contribution in [0.15, 0.2) is 24.8 Å². The number of hydrogen-bond donors (Lipinski definition) is 1. The second kappa shape index (κ2) is 5.05. The molecule has 0 fully saturated rings. The zero-order valence-electron chi connectivity index (χ0n) is 8.66. The molecule has 0 heterocycles. The number of hydrogen-bond acceptors (Lipinski definition) is 3. The minimum Gasteiger partial charge on any atom is -0.496 e. The molecule has 82 valence electrons. The molecule has 0 aliphatic heterocycles. The molecule has 0 aliphatic rings. The van der Waals surface area contributed by atoms with Crippen molar-refractivity contribution < 1.29 is 14.6 Å². The summed E-state index contributed by atoms with van der Waals surface area (Å²) in [7, 11) is 3.02. The second-order valence-corrected chi connectivity index (χ2v) is 3.32. The van der Waals surface area contributed by atoms with Gasteiger partial charge in [0.2, 0.25) is 0 Å². The predicted molar refractivity (Wildman–Crippen MR) is 59.7 cm³/mol. The quantitative estimate of drug-likeness (QED) is 0.805. The van der Waals surface area contributed by atoms with E-state index in [1.807, 2.05) is 0 Å². The Kier molecular flexibility index (Phi) is 4.00. The molecule has 4 heteroatoms. The van der Waals surface area contributed by atoms with Gasteiger partial charge in [0.1, 0.15) is 17.6 Å². The van der Waals surface area contributed by atoms with Gasteiger partial charge in [0.05, 0.1) is 19.2 Å². The van der Waals surface area contributed by atoms with Crippen molar-refractivity contribution in [3.8, 4) is 11.5 Å². The Bertz CT molecular complexity index is 363. The SMILES string of the molecule is C=CC(O)c1cc(OC)c(Cl)cc1OC. The van der Waals surface area contributed by atoms with Gasteiger partial charge in [-0.15, -0.1) is 6.58 Å². The first-order chi connectivity index (χ1) is 7.13. The Morgan fingerprint density at radius 3 is 2.40 bits per heavy atom. The van der Waals surface area contributed by atoms with Gasteiger partial charge in [-0.25, -0.2) is 0 Å². The van der Waals surface area contributed by atoms with Crippen molar-refractivity contribution in [3.63, 3.8) is 0 Å². The van der Waals surface area contributed by atoms with E-state index in [2.05, 4.69) is 6.58 Å². The highest BCUT2D eigenvalue weighted by molar-refractivity contribution is 6.32. The van der Waals surface area contributed by atoms with Crippen LogP contribution >= 0.6 is 11.6 Å². The fourth-order valence-corrected chi connectivity index (χ4v) is 1.47. The van der Waals surface area contributed by atoms with Gasteiger partial charge in [0, 0.05) is 11.6 Å². The molecule has 0 radical (unpaired) electrons. The molecule has 1 aromatic rings. The first kappa shape index (κ1) is 11.9. The standard InChI is InChI=1S/C11H13ClO3/c1-4-9(13)7-5-11(15-3)8(12)6-10(7)14-2/h4-6,9,13H,1H2,2-3H3. The topological polar surface area (TPSA) is 38.7 Å². The van der Waals surface area contributed by atoms with Crippen molar-refractivity contribution in [2.24, 2.45) is 0 Å². The van der Waals surface area contributed by atoms with E-state index >= 15 is 0 Å². The number of methoxy groups -OCH3 is 2. The number of halogens is 1. The van der Waals surface area contributed by atoms with E-state index < -0.39 is 6.10 Å². The summed E-state index contributed by atoms with van der Waals surface area (Å²) in [6.45, 7) is 3.51. The molecule has 1 unspecified atom stereocenters. The van der Waals surface area contributed by atoms with E-state index in [-0.39, 0.29) is 0 Å². The van der Waals surface area contributed by atoms with Gasteiger partial charge in [0.25, 0.3) is 0 Å². The highest BCUT2D eigenvalue weighted by Crippen LogP contribution is 2.35. The lowest BCUT2D eigenvalue weighted by Crippen LogP contribution is -1.99. The lowest BCUT2D eigenvalue weighted by atomic mass is 10.1. The summed E-state index contributed by atoms with van der Waals surface area (Å²) in [5.41, 5.74) is 0.578. The average Bonchev–Trinajstić information content (AvgIpc) is 2.27. The van der Waals surface area contributed by atoms with Crippen molar-refractivity contribution in [2.45, 2.75) is 6.10 Å². The summed E-state index contributed by atoms with van der Waals surface area (Å²) in [4.78, 5) is 0. The van der Waals surface area contributed by atoms with Crippen molar-refractivity contribution >= 4 is 11.6 Å². The molecule has 0 spiro atoms. The number of benzene rings is 1. The fourth-order valence-electron chi connectivity index (χ4n) is 1.24. The van der Waals surface area contributed by atoms with E-state index in [1.165, 1.54) is 20.3 Å². The van der Waals surface area contributed by atoms with E-state index in [9.17, 15) is 5.11 Å². The smallest absolute Gasteiger partial charge is 0.138 e. The lowest BCUT2D eigenvalue weighted by molar-refractivity contribution is 0.222. The predicted octanol–water partition coefficient (Wildman–Crippen LogP) is 2.58. The van der Waals surface area contributed by atoms with Gasteiger partial charge in [-0.05, 0) is 6.07 Å². The van der Waals surface area contributed by atoms with Crippen molar-refractivity contribution in [2.75, 3.05) is 14.2 Å². The van der Waals surface area contributed by atoms with Crippen LogP contribution in [0.5, 0.6) is 11.5 Å². The van der Waals surface area contributed by atoms with Gasteiger partial charge in [-0.2, -0.15) is 0 Å². The van der Waals surface area contributed by atoms with Crippen LogP contribution in [0, 0.1) is 0 Å². The molecule has 1 aromatic carbocycles. The highest BCUT2D eigenvalue weighted by Gasteiger charge is 2.14. The Hall–Kier alpha value is -1.19. The normalized spacial score (nSPS) is 12.0. The highest BCUT2D eigenvalue weighted by atomic mass is 35.5. The third-order valence-electron chi connectivity index (χ3n) is 2.05. The lowest BCUT2D eigenvalue weighted by Gasteiger charge is -2.14. The van der Waals surface area contributed by atoms with Gasteiger partial charge in [-0.1, -0.05) is 17.7 Å². The monoisotopic (exact) mass is 228 g/mol. The summed E-state index contributed by atoms with van der Waals surface area (Å²) in [6, 6.07) is 3.23. The van der Waals surface area contributed by atoms with Crippen LogP contribution in [0.4, 0.5) is 0 Å². The zero-order chi connectivity index (χ0) is 11.4. The van der Waals surface area contributed by atoms with Crippen LogP contribution in [0.25, 0.3) is 0 Å². The number of aliphatic hydroxyl groups excluding tert-OH is 1. The number of rotatable bonds is 4. The molecule has 0 aromatic heterocycles. The molecule has 0 bridgehead atoms. The van der Waals surface area contributed by atoms with Crippen LogP contribution in [0.3, 0.4) is 0 Å². The molecular formula is C11H13ClO3. The fraction of sp³-hybridized carbons (Fsp3) is 0.273. The molecule has 1 atom stereocenters. The van der Waals surface area contributed by atoms with Crippen LogP contribution in [0.2, 0.25) is 5.02 Å². The molecule has 0 amide bonds. The maximum Gasteiger partial charge on any atom is 0.138 e. The molecule has 0 saturated carbocycles. The van der Waals surface area contributed by atoms with Gasteiger partial charge < -0.3 is 14.6 Å².